The summed E-state index contributed by atoms with van der Waals surface area (Å²) in [5.74, 6) is 0.882. The fraction of sp³-hybridized carbons (Fsp3) is 0.571. The SMILES string of the molecule is CC(C)(C)Oc1ccc([C@@H](N)CCCN)cc1.Cl. The maximum atomic E-state index is 6.06. The summed E-state index contributed by atoms with van der Waals surface area (Å²) in [5, 5.41) is 0. The van der Waals surface area contributed by atoms with E-state index in [-0.39, 0.29) is 24.0 Å². The molecule has 0 unspecified atom stereocenters. The monoisotopic (exact) mass is 272 g/mol. The minimum absolute atomic E-state index is 0. The molecule has 0 bridgehead atoms. The number of nitrogens with two attached hydrogens (primary N) is 2. The number of hydrogen-bond acceptors (Lipinski definition) is 3. The smallest absolute Gasteiger partial charge is 0.120 e. The van der Waals surface area contributed by atoms with Gasteiger partial charge in [-0.15, -0.1) is 12.4 Å². The van der Waals surface area contributed by atoms with Crippen molar-refractivity contribution in [3.8, 4) is 5.75 Å². The van der Waals surface area contributed by atoms with Gasteiger partial charge in [-0.3, -0.25) is 0 Å². The van der Waals surface area contributed by atoms with Crippen LogP contribution in [0.3, 0.4) is 0 Å². The van der Waals surface area contributed by atoms with Crippen LogP contribution in [-0.2, 0) is 0 Å². The molecule has 3 nitrogen and oxygen atoms in total. The average molecular weight is 273 g/mol. The lowest BCUT2D eigenvalue weighted by Gasteiger charge is -2.21. The van der Waals surface area contributed by atoms with Gasteiger partial charge in [0.2, 0.25) is 0 Å². The van der Waals surface area contributed by atoms with Gasteiger partial charge in [0.1, 0.15) is 11.4 Å². The van der Waals surface area contributed by atoms with Crippen molar-refractivity contribution in [1.29, 1.82) is 0 Å². The molecular formula is C14H25ClN2O. The number of benzene rings is 1. The van der Waals surface area contributed by atoms with Gasteiger partial charge in [-0.25, -0.2) is 0 Å². The van der Waals surface area contributed by atoms with E-state index in [1.807, 2.05) is 45.0 Å². The van der Waals surface area contributed by atoms with Gasteiger partial charge in [-0.05, 0) is 57.9 Å². The molecule has 0 aliphatic carbocycles. The Morgan fingerprint density at radius 1 is 1.17 bits per heavy atom. The molecular weight excluding hydrogens is 248 g/mol. The second-order valence-electron chi connectivity index (χ2n) is 5.32. The van der Waals surface area contributed by atoms with Crippen LogP contribution in [0, 0.1) is 0 Å². The molecule has 0 amide bonds. The first kappa shape index (κ1) is 17.2. The first-order valence-corrected chi connectivity index (χ1v) is 6.17. The van der Waals surface area contributed by atoms with Crippen molar-refractivity contribution in [3.63, 3.8) is 0 Å². The Balaban J connectivity index is 0.00000289. The molecule has 1 rings (SSSR count). The highest BCUT2D eigenvalue weighted by Gasteiger charge is 2.12. The van der Waals surface area contributed by atoms with Crippen molar-refractivity contribution in [2.24, 2.45) is 11.5 Å². The standard InChI is InChI=1S/C14H24N2O.ClH/c1-14(2,3)17-12-8-6-11(7-9-12)13(16)5-4-10-15;/h6-9,13H,4-5,10,15-16H2,1-3H3;1H/t13-;/m0./s1. The molecule has 1 aromatic rings. The topological polar surface area (TPSA) is 61.3 Å². The Bertz CT molecular complexity index is 333. The van der Waals surface area contributed by atoms with E-state index >= 15 is 0 Å². The molecule has 0 fully saturated rings. The Labute approximate surface area is 116 Å². The quantitative estimate of drug-likeness (QED) is 0.866. The highest BCUT2D eigenvalue weighted by molar-refractivity contribution is 5.85. The van der Waals surface area contributed by atoms with E-state index in [0.29, 0.717) is 6.54 Å². The zero-order valence-corrected chi connectivity index (χ0v) is 12.3. The molecule has 0 spiro atoms. The van der Waals surface area contributed by atoms with Gasteiger partial charge in [-0.1, -0.05) is 12.1 Å². The van der Waals surface area contributed by atoms with E-state index in [1.54, 1.807) is 0 Å². The van der Waals surface area contributed by atoms with Gasteiger partial charge in [0.25, 0.3) is 0 Å². The van der Waals surface area contributed by atoms with Crippen LogP contribution in [0.25, 0.3) is 0 Å². The Morgan fingerprint density at radius 3 is 2.17 bits per heavy atom. The fourth-order valence-electron chi connectivity index (χ4n) is 1.64. The summed E-state index contributed by atoms with van der Waals surface area (Å²) in [4.78, 5) is 0. The summed E-state index contributed by atoms with van der Waals surface area (Å²) < 4.78 is 5.76. The maximum absolute atomic E-state index is 6.06. The van der Waals surface area contributed by atoms with Gasteiger partial charge in [0, 0.05) is 6.04 Å². The largest absolute Gasteiger partial charge is 0.488 e. The summed E-state index contributed by atoms with van der Waals surface area (Å²) in [5.41, 5.74) is 12.5. The van der Waals surface area contributed by atoms with E-state index in [4.69, 9.17) is 16.2 Å². The average Bonchev–Trinajstić information content (AvgIpc) is 2.24. The third-order valence-electron chi connectivity index (χ3n) is 2.45. The lowest BCUT2D eigenvalue weighted by molar-refractivity contribution is 0.131. The molecule has 0 radical (unpaired) electrons. The van der Waals surface area contributed by atoms with E-state index in [1.165, 1.54) is 0 Å². The third-order valence-corrected chi connectivity index (χ3v) is 2.45. The van der Waals surface area contributed by atoms with E-state index < -0.39 is 0 Å². The molecule has 104 valence electrons. The van der Waals surface area contributed by atoms with Crippen molar-refractivity contribution in [3.05, 3.63) is 29.8 Å². The van der Waals surface area contributed by atoms with E-state index in [2.05, 4.69) is 0 Å². The maximum Gasteiger partial charge on any atom is 0.120 e. The van der Waals surface area contributed by atoms with Gasteiger partial charge in [0.15, 0.2) is 0 Å². The molecule has 1 aromatic carbocycles. The van der Waals surface area contributed by atoms with Crippen molar-refractivity contribution in [2.45, 2.75) is 45.3 Å². The molecule has 4 N–H and O–H groups in total. The first-order valence-electron chi connectivity index (χ1n) is 6.17. The summed E-state index contributed by atoms with van der Waals surface area (Å²) in [6, 6.07) is 8.08. The zero-order chi connectivity index (χ0) is 12.9. The molecule has 0 aromatic heterocycles. The minimum atomic E-state index is -0.164. The molecule has 0 aliphatic heterocycles. The summed E-state index contributed by atoms with van der Waals surface area (Å²) >= 11 is 0. The predicted molar refractivity (Wildman–Crippen MR) is 79.3 cm³/mol. The van der Waals surface area contributed by atoms with Crippen LogP contribution in [0.15, 0.2) is 24.3 Å². The lowest BCUT2D eigenvalue weighted by atomic mass is 10.0. The van der Waals surface area contributed by atoms with Crippen molar-refractivity contribution < 1.29 is 4.74 Å². The van der Waals surface area contributed by atoms with E-state index in [0.717, 1.165) is 24.2 Å². The highest BCUT2D eigenvalue weighted by atomic mass is 35.5. The Morgan fingerprint density at radius 2 is 1.72 bits per heavy atom. The fourth-order valence-corrected chi connectivity index (χ4v) is 1.64. The molecule has 1 atom stereocenters. The normalized spacial score (nSPS) is 12.7. The van der Waals surface area contributed by atoms with Crippen LogP contribution < -0.4 is 16.2 Å². The predicted octanol–water partition coefficient (Wildman–Crippen LogP) is 3.02. The minimum Gasteiger partial charge on any atom is -0.488 e. The van der Waals surface area contributed by atoms with Gasteiger partial charge in [0.05, 0.1) is 0 Å². The molecule has 0 saturated heterocycles. The molecule has 18 heavy (non-hydrogen) atoms. The van der Waals surface area contributed by atoms with Crippen molar-refractivity contribution in [2.75, 3.05) is 6.54 Å². The van der Waals surface area contributed by atoms with Crippen LogP contribution in [0.4, 0.5) is 0 Å². The summed E-state index contributed by atoms with van der Waals surface area (Å²) in [6.45, 7) is 6.80. The van der Waals surface area contributed by atoms with E-state index in [9.17, 15) is 0 Å². The van der Waals surface area contributed by atoms with Gasteiger partial charge >= 0.3 is 0 Å². The van der Waals surface area contributed by atoms with Crippen LogP contribution in [0.1, 0.15) is 45.2 Å². The molecule has 4 heteroatoms. The zero-order valence-electron chi connectivity index (χ0n) is 11.5. The van der Waals surface area contributed by atoms with Crippen LogP contribution in [0.2, 0.25) is 0 Å². The second-order valence-corrected chi connectivity index (χ2v) is 5.32. The Kier molecular flexibility index (Phi) is 7.29. The summed E-state index contributed by atoms with van der Waals surface area (Å²) in [7, 11) is 0. The van der Waals surface area contributed by atoms with Crippen LogP contribution in [0.5, 0.6) is 5.75 Å². The van der Waals surface area contributed by atoms with Crippen LogP contribution >= 0.6 is 12.4 Å². The van der Waals surface area contributed by atoms with Crippen LogP contribution in [-0.4, -0.2) is 12.1 Å². The number of hydrogen-bond donors (Lipinski definition) is 2. The molecule has 0 heterocycles. The number of ether oxygens (including phenoxy) is 1. The Hall–Kier alpha value is -0.770. The highest BCUT2D eigenvalue weighted by Crippen LogP contribution is 2.22. The second kappa shape index (κ2) is 7.62. The summed E-state index contributed by atoms with van der Waals surface area (Å²) in [6.07, 6.45) is 1.89. The molecule has 0 saturated carbocycles. The third kappa shape index (κ3) is 6.24. The van der Waals surface area contributed by atoms with Gasteiger partial charge < -0.3 is 16.2 Å². The molecule has 0 aliphatic rings. The van der Waals surface area contributed by atoms with Crippen molar-refractivity contribution in [1.82, 2.24) is 0 Å². The first-order chi connectivity index (χ1) is 7.92. The number of halogens is 1. The van der Waals surface area contributed by atoms with Gasteiger partial charge in [-0.2, -0.15) is 0 Å². The number of rotatable bonds is 5. The lowest BCUT2D eigenvalue weighted by Crippen LogP contribution is -2.23. The van der Waals surface area contributed by atoms with Crippen molar-refractivity contribution >= 4 is 12.4 Å².